The fourth-order valence-electron chi connectivity index (χ4n) is 4.73. The van der Waals surface area contributed by atoms with Gasteiger partial charge in [-0.15, -0.1) is 0 Å². The molecule has 29 heavy (non-hydrogen) atoms. The molecule has 0 radical (unpaired) electrons. The molecule has 2 aliphatic rings. The maximum Gasteiger partial charge on any atom is 0.146 e. The van der Waals surface area contributed by atoms with E-state index in [0.717, 1.165) is 34.7 Å². The molecule has 0 amide bonds. The summed E-state index contributed by atoms with van der Waals surface area (Å²) >= 11 is 1.88. The Hall–Kier alpha value is -2.05. The number of fused-ring (bicyclic) bond motifs is 1. The number of hydrogen-bond donors (Lipinski definition) is 1. The zero-order chi connectivity index (χ0) is 19.8. The molecule has 1 aliphatic heterocycles. The summed E-state index contributed by atoms with van der Waals surface area (Å²) in [6.45, 7) is 3.83. The van der Waals surface area contributed by atoms with Gasteiger partial charge < -0.3 is 15.2 Å². The molecule has 6 heteroatoms. The second kappa shape index (κ2) is 8.00. The van der Waals surface area contributed by atoms with E-state index in [1.54, 1.807) is 6.33 Å². The highest BCUT2D eigenvalue weighted by Gasteiger charge is 2.34. The summed E-state index contributed by atoms with van der Waals surface area (Å²) in [5.41, 5.74) is 11.1. The average Bonchev–Trinajstić information content (AvgIpc) is 3.05. The summed E-state index contributed by atoms with van der Waals surface area (Å²) in [5.74, 6) is 2.53. The van der Waals surface area contributed by atoms with Crippen molar-refractivity contribution in [3.63, 3.8) is 0 Å². The van der Waals surface area contributed by atoms with Crippen LogP contribution in [0.15, 0.2) is 36.8 Å². The number of rotatable bonds is 7. The van der Waals surface area contributed by atoms with E-state index in [9.17, 15) is 0 Å². The predicted molar refractivity (Wildman–Crippen MR) is 122 cm³/mol. The molecule has 0 unspecified atom stereocenters. The molecule has 1 aromatic carbocycles. The van der Waals surface area contributed by atoms with Crippen LogP contribution in [-0.2, 0) is 6.42 Å². The molecule has 2 N–H and O–H groups in total. The number of nitrogens with zero attached hydrogens (tertiary/aromatic N) is 4. The minimum atomic E-state index is 0.520. The first kappa shape index (κ1) is 18.9. The van der Waals surface area contributed by atoms with E-state index in [4.69, 9.17) is 5.73 Å². The van der Waals surface area contributed by atoms with Crippen LogP contribution in [0, 0.1) is 5.92 Å². The lowest BCUT2D eigenvalue weighted by atomic mass is 9.79. The normalized spacial score (nSPS) is 21.8. The van der Waals surface area contributed by atoms with Crippen LogP contribution in [0.5, 0.6) is 0 Å². The molecule has 0 atom stereocenters. The maximum atomic E-state index is 6.33. The van der Waals surface area contributed by atoms with Crippen molar-refractivity contribution in [1.29, 1.82) is 0 Å². The number of hydrogen-bond acceptors (Lipinski definition) is 5. The molecule has 1 aliphatic carbocycles. The molecular weight excluding hydrogens is 378 g/mol. The van der Waals surface area contributed by atoms with E-state index in [-0.39, 0.29) is 0 Å². The van der Waals surface area contributed by atoms with Gasteiger partial charge in [-0.05, 0) is 67.8 Å². The highest BCUT2D eigenvalue weighted by Crippen LogP contribution is 2.43. The van der Waals surface area contributed by atoms with Crippen molar-refractivity contribution in [2.45, 2.75) is 31.7 Å². The fraction of sp³-hybridized carbons (Fsp3) is 0.478. The Bertz CT molecular complexity index is 1000. The molecule has 2 fully saturated rings. The molecule has 3 aromatic rings. The molecule has 5 rings (SSSR count). The zero-order valence-electron chi connectivity index (χ0n) is 17.1. The maximum absolute atomic E-state index is 6.33. The number of likely N-dealkylation sites (tertiary alicyclic amines) is 1. The molecule has 0 spiro atoms. The monoisotopic (exact) mass is 407 g/mol. The summed E-state index contributed by atoms with van der Waals surface area (Å²) in [6, 6.07) is 9.37. The number of anilines is 1. The molecule has 5 nitrogen and oxygen atoms in total. The van der Waals surface area contributed by atoms with Gasteiger partial charge in [-0.2, -0.15) is 11.8 Å². The summed E-state index contributed by atoms with van der Waals surface area (Å²) in [4.78, 5) is 11.5. The van der Waals surface area contributed by atoms with Crippen LogP contribution in [0.3, 0.4) is 0 Å². The number of aryl methyl sites for hydroxylation is 1. The first-order valence-corrected chi connectivity index (χ1v) is 12.0. The second-order valence-electron chi connectivity index (χ2n) is 8.50. The molecule has 0 bridgehead atoms. The SMILES string of the molecule is CSCCc1cccc(-c2cn(C3CC(CN4CCC4)C3)c3ncnc(N)c23)c1. The van der Waals surface area contributed by atoms with Crippen LogP contribution in [0.25, 0.3) is 22.2 Å². The summed E-state index contributed by atoms with van der Waals surface area (Å²) in [5, 5.41) is 1.00. The number of nitrogens with two attached hydrogens (primary N) is 1. The second-order valence-corrected chi connectivity index (χ2v) is 9.48. The third-order valence-electron chi connectivity index (χ3n) is 6.54. The average molecular weight is 408 g/mol. The lowest BCUT2D eigenvalue weighted by molar-refractivity contribution is 0.0921. The Morgan fingerprint density at radius 2 is 2.07 bits per heavy atom. The van der Waals surface area contributed by atoms with Crippen LogP contribution in [0.4, 0.5) is 5.82 Å². The van der Waals surface area contributed by atoms with Crippen LogP contribution in [0.2, 0.25) is 0 Å². The van der Waals surface area contributed by atoms with Gasteiger partial charge in [0.25, 0.3) is 0 Å². The van der Waals surface area contributed by atoms with Crippen molar-refractivity contribution in [2.24, 2.45) is 5.92 Å². The van der Waals surface area contributed by atoms with E-state index in [1.165, 1.54) is 50.0 Å². The minimum Gasteiger partial charge on any atom is -0.383 e. The van der Waals surface area contributed by atoms with E-state index in [0.29, 0.717) is 11.9 Å². The lowest BCUT2D eigenvalue weighted by Gasteiger charge is -2.42. The van der Waals surface area contributed by atoms with Crippen molar-refractivity contribution in [2.75, 3.05) is 37.4 Å². The third-order valence-corrected chi connectivity index (χ3v) is 7.15. The number of aromatic nitrogens is 3. The van der Waals surface area contributed by atoms with Crippen molar-refractivity contribution in [1.82, 2.24) is 19.4 Å². The Morgan fingerprint density at radius 3 is 2.83 bits per heavy atom. The van der Waals surface area contributed by atoms with Crippen molar-refractivity contribution < 1.29 is 0 Å². The Labute approximate surface area is 176 Å². The van der Waals surface area contributed by atoms with Gasteiger partial charge in [0.05, 0.1) is 5.39 Å². The van der Waals surface area contributed by atoms with Crippen molar-refractivity contribution in [3.8, 4) is 11.1 Å². The zero-order valence-corrected chi connectivity index (χ0v) is 17.9. The molecule has 1 saturated heterocycles. The molecular formula is C23H29N5S. The number of benzene rings is 1. The van der Waals surface area contributed by atoms with Gasteiger partial charge in [0.15, 0.2) is 0 Å². The first-order valence-electron chi connectivity index (χ1n) is 10.6. The Balaban J connectivity index is 1.45. The standard InChI is InChI=1S/C23H29N5S/c1-29-9-6-16-4-2-5-18(10-16)20-14-28(23-21(20)22(24)25-15-26-23)19-11-17(12-19)13-27-7-3-8-27/h2,4-5,10,14-15,17,19H,3,6-9,11-13H2,1H3,(H2,24,25,26). The highest BCUT2D eigenvalue weighted by molar-refractivity contribution is 7.98. The van der Waals surface area contributed by atoms with E-state index in [2.05, 4.69) is 56.2 Å². The van der Waals surface area contributed by atoms with E-state index >= 15 is 0 Å². The van der Waals surface area contributed by atoms with Crippen molar-refractivity contribution >= 4 is 28.6 Å². The highest BCUT2D eigenvalue weighted by atomic mass is 32.2. The van der Waals surface area contributed by atoms with Crippen LogP contribution < -0.4 is 5.73 Å². The summed E-state index contributed by atoms with van der Waals surface area (Å²) in [7, 11) is 0. The first-order chi connectivity index (χ1) is 14.2. The van der Waals surface area contributed by atoms with Gasteiger partial charge in [0, 0.05) is 24.3 Å². The Kier molecular flexibility index (Phi) is 5.22. The summed E-state index contributed by atoms with van der Waals surface area (Å²) in [6.07, 6.45) is 10.9. The van der Waals surface area contributed by atoms with E-state index in [1.807, 2.05) is 11.8 Å². The van der Waals surface area contributed by atoms with Gasteiger partial charge in [0.1, 0.15) is 17.8 Å². The molecule has 3 heterocycles. The third kappa shape index (κ3) is 3.64. The molecule has 152 valence electrons. The minimum absolute atomic E-state index is 0.520. The molecule has 1 saturated carbocycles. The van der Waals surface area contributed by atoms with Gasteiger partial charge in [-0.1, -0.05) is 24.3 Å². The van der Waals surface area contributed by atoms with Crippen LogP contribution >= 0.6 is 11.8 Å². The van der Waals surface area contributed by atoms with Crippen LogP contribution in [0.1, 0.15) is 30.9 Å². The molecule has 2 aromatic heterocycles. The van der Waals surface area contributed by atoms with Gasteiger partial charge in [0.2, 0.25) is 0 Å². The quantitative estimate of drug-likeness (QED) is 0.635. The van der Waals surface area contributed by atoms with Crippen molar-refractivity contribution in [3.05, 3.63) is 42.4 Å². The summed E-state index contributed by atoms with van der Waals surface area (Å²) < 4.78 is 2.36. The predicted octanol–water partition coefficient (Wildman–Crippen LogP) is 4.24. The number of nitrogen functional groups attached to an aromatic ring is 1. The topological polar surface area (TPSA) is 60.0 Å². The van der Waals surface area contributed by atoms with Crippen LogP contribution in [-0.4, -0.2) is 51.1 Å². The Morgan fingerprint density at radius 1 is 1.21 bits per heavy atom. The van der Waals surface area contributed by atoms with E-state index < -0.39 is 0 Å². The fourth-order valence-corrected chi connectivity index (χ4v) is 5.17. The van der Waals surface area contributed by atoms with Gasteiger partial charge in [-0.3, -0.25) is 0 Å². The lowest BCUT2D eigenvalue weighted by Crippen LogP contribution is -2.43. The van der Waals surface area contributed by atoms with Gasteiger partial charge in [-0.25, -0.2) is 9.97 Å². The number of thioether (sulfide) groups is 1. The van der Waals surface area contributed by atoms with Gasteiger partial charge >= 0.3 is 0 Å². The smallest absolute Gasteiger partial charge is 0.146 e. The largest absolute Gasteiger partial charge is 0.383 e.